The fourth-order valence-electron chi connectivity index (χ4n) is 4.69. The van der Waals surface area contributed by atoms with E-state index in [-0.39, 0.29) is 36.6 Å². The standard InChI is InChI=1S/C19H37N11.ClH/c20-13-7-14(21)10-28(9-13)18-24-17(27-30-5-3-1-2-4-6-30)25-19(26-18)29-11-15(22)8-16(23)12-29;/h13-16H,1-12,20-23H2,(H,24,25,26,27);1H/t13-,14+,15-,16+;. The molecule has 9 N–H and O–H groups in total. The molecule has 3 saturated heterocycles. The second-order valence-electron chi connectivity index (χ2n) is 9.09. The molecule has 0 unspecified atom stereocenters. The van der Waals surface area contributed by atoms with E-state index in [1.807, 2.05) is 0 Å². The molecule has 0 bridgehead atoms. The number of hydrogen-bond donors (Lipinski definition) is 5. The largest absolute Gasteiger partial charge is 0.338 e. The van der Waals surface area contributed by atoms with E-state index < -0.39 is 0 Å². The van der Waals surface area contributed by atoms with Gasteiger partial charge in [-0.15, -0.1) is 12.4 Å². The molecule has 0 spiro atoms. The Hall–Kier alpha value is -1.50. The zero-order chi connectivity index (χ0) is 21.1. The van der Waals surface area contributed by atoms with Crippen molar-refractivity contribution in [3.8, 4) is 0 Å². The molecule has 3 fully saturated rings. The molecule has 0 amide bonds. The summed E-state index contributed by atoms with van der Waals surface area (Å²) in [6.45, 7) is 4.68. The predicted molar refractivity (Wildman–Crippen MR) is 126 cm³/mol. The first-order chi connectivity index (χ1) is 14.5. The first kappa shape index (κ1) is 24.1. The van der Waals surface area contributed by atoms with E-state index in [0.717, 1.165) is 25.9 Å². The number of hydrazine groups is 1. The molecule has 0 aromatic carbocycles. The fraction of sp³-hybridized carbons (Fsp3) is 0.842. The quantitative estimate of drug-likeness (QED) is 0.386. The second-order valence-corrected chi connectivity index (χ2v) is 9.09. The molecule has 11 nitrogen and oxygen atoms in total. The Bertz CT molecular complexity index is 635. The van der Waals surface area contributed by atoms with E-state index in [0.29, 0.717) is 44.0 Å². The van der Waals surface area contributed by atoms with Gasteiger partial charge in [-0.05, 0) is 25.7 Å². The van der Waals surface area contributed by atoms with Crippen LogP contribution in [0.2, 0.25) is 0 Å². The minimum atomic E-state index is 0. The van der Waals surface area contributed by atoms with Crippen LogP contribution in [0.3, 0.4) is 0 Å². The molecular weight excluding hydrogens is 418 g/mol. The van der Waals surface area contributed by atoms with E-state index in [2.05, 4.69) is 20.2 Å². The monoisotopic (exact) mass is 455 g/mol. The van der Waals surface area contributed by atoms with Crippen LogP contribution in [0.25, 0.3) is 0 Å². The summed E-state index contributed by atoms with van der Waals surface area (Å²) < 4.78 is 0. The topological polar surface area (TPSA) is 164 Å². The van der Waals surface area contributed by atoms with Crippen LogP contribution in [0.4, 0.5) is 17.8 Å². The van der Waals surface area contributed by atoms with Gasteiger partial charge >= 0.3 is 0 Å². The van der Waals surface area contributed by atoms with Gasteiger partial charge in [0, 0.05) is 63.4 Å². The number of piperidine rings is 2. The lowest BCUT2D eigenvalue weighted by molar-refractivity contribution is 0.340. The van der Waals surface area contributed by atoms with E-state index in [9.17, 15) is 0 Å². The van der Waals surface area contributed by atoms with Gasteiger partial charge in [0.05, 0.1) is 0 Å². The van der Waals surface area contributed by atoms with Crippen LogP contribution < -0.4 is 38.2 Å². The predicted octanol–water partition coefficient (Wildman–Crippen LogP) is -0.774. The second kappa shape index (κ2) is 10.9. The van der Waals surface area contributed by atoms with Gasteiger partial charge in [-0.1, -0.05) is 12.8 Å². The number of nitrogens with one attached hydrogen (secondary N) is 1. The molecule has 4 rings (SSSR count). The Morgan fingerprint density at radius 2 is 1.06 bits per heavy atom. The molecule has 12 heteroatoms. The lowest BCUT2D eigenvalue weighted by Gasteiger charge is -2.37. The molecule has 31 heavy (non-hydrogen) atoms. The molecule has 0 aliphatic carbocycles. The Morgan fingerprint density at radius 3 is 1.48 bits per heavy atom. The van der Waals surface area contributed by atoms with Gasteiger partial charge in [0.1, 0.15) is 0 Å². The molecule has 176 valence electrons. The van der Waals surface area contributed by atoms with Gasteiger partial charge in [0.2, 0.25) is 17.8 Å². The number of nitrogens with zero attached hydrogens (tertiary/aromatic N) is 6. The molecule has 1 aromatic rings. The molecule has 4 heterocycles. The lowest BCUT2D eigenvalue weighted by atomic mass is 10.0. The zero-order valence-corrected chi connectivity index (χ0v) is 19.0. The van der Waals surface area contributed by atoms with Gasteiger partial charge < -0.3 is 32.7 Å². The first-order valence-corrected chi connectivity index (χ1v) is 11.3. The zero-order valence-electron chi connectivity index (χ0n) is 18.2. The summed E-state index contributed by atoms with van der Waals surface area (Å²) in [7, 11) is 0. The van der Waals surface area contributed by atoms with Crippen LogP contribution in [-0.4, -0.2) is 83.4 Å². The van der Waals surface area contributed by atoms with Crippen molar-refractivity contribution in [2.24, 2.45) is 22.9 Å². The number of rotatable bonds is 4. The summed E-state index contributed by atoms with van der Waals surface area (Å²) in [5, 5.41) is 2.21. The van der Waals surface area contributed by atoms with Crippen LogP contribution in [0.1, 0.15) is 38.5 Å². The van der Waals surface area contributed by atoms with Crippen LogP contribution in [0.5, 0.6) is 0 Å². The highest BCUT2D eigenvalue weighted by atomic mass is 35.5. The normalized spacial score (nSPS) is 30.5. The van der Waals surface area contributed by atoms with E-state index in [4.69, 9.17) is 37.9 Å². The first-order valence-electron chi connectivity index (χ1n) is 11.3. The molecule has 4 atom stereocenters. The molecule has 3 aliphatic heterocycles. The highest BCUT2D eigenvalue weighted by Crippen LogP contribution is 2.22. The van der Waals surface area contributed by atoms with Gasteiger partial charge in [-0.3, -0.25) is 5.43 Å². The summed E-state index contributed by atoms with van der Waals surface area (Å²) in [6.07, 6.45) is 6.48. The van der Waals surface area contributed by atoms with Crippen molar-refractivity contribution in [3.05, 3.63) is 0 Å². The molecule has 1 aromatic heterocycles. The third-order valence-corrected chi connectivity index (χ3v) is 6.07. The highest BCUT2D eigenvalue weighted by Gasteiger charge is 2.29. The Morgan fingerprint density at radius 1 is 0.645 bits per heavy atom. The van der Waals surface area contributed by atoms with E-state index in [1.54, 1.807) is 0 Å². The number of anilines is 3. The van der Waals surface area contributed by atoms with E-state index >= 15 is 0 Å². The van der Waals surface area contributed by atoms with Crippen LogP contribution in [0.15, 0.2) is 0 Å². The summed E-state index contributed by atoms with van der Waals surface area (Å²) in [5.74, 6) is 1.77. The Balaban J connectivity index is 0.00000272. The van der Waals surface area contributed by atoms with Gasteiger partial charge in [0.25, 0.3) is 0 Å². The molecular formula is C19H38ClN11. The minimum Gasteiger partial charge on any atom is -0.338 e. The highest BCUT2D eigenvalue weighted by molar-refractivity contribution is 5.85. The minimum absolute atomic E-state index is 0. The van der Waals surface area contributed by atoms with E-state index in [1.165, 1.54) is 25.7 Å². The van der Waals surface area contributed by atoms with Crippen molar-refractivity contribution in [2.75, 3.05) is 54.5 Å². The summed E-state index contributed by atoms with van der Waals surface area (Å²) >= 11 is 0. The van der Waals surface area contributed by atoms with Gasteiger partial charge in [-0.25, -0.2) is 5.01 Å². The summed E-state index contributed by atoms with van der Waals surface area (Å²) in [5.41, 5.74) is 28.3. The summed E-state index contributed by atoms with van der Waals surface area (Å²) in [4.78, 5) is 18.4. The van der Waals surface area contributed by atoms with Crippen molar-refractivity contribution >= 4 is 30.3 Å². The average Bonchev–Trinajstić information content (AvgIpc) is 2.95. The van der Waals surface area contributed by atoms with Crippen LogP contribution >= 0.6 is 12.4 Å². The third kappa shape index (κ3) is 6.50. The fourth-order valence-corrected chi connectivity index (χ4v) is 4.69. The number of aromatic nitrogens is 3. The van der Waals surface area contributed by atoms with Crippen molar-refractivity contribution in [2.45, 2.75) is 62.7 Å². The van der Waals surface area contributed by atoms with Gasteiger partial charge in [0.15, 0.2) is 0 Å². The number of nitrogens with two attached hydrogens (primary N) is 4. The van der Waals surface area contributed by atoms with Gasteiger partial charge in [-0.2, -0.15) is 15.0 Å². The molecule has 0 saturated carbocycles. The maximum atomic E-state index is 6.21. The number of halogens is 1. The lowest BCUT2D eigenvalue weighted by Crippen LogP contribution is -2.54. The van der Waals surface area contributed by atoms with Crippen molar-refractivity contribution in [3.63, 3.8) is 0 Å². The summed E-state index contributed by atoms with van der Waals surface area (Å²) in [6, 6.07) is 0.0289. The molecule has 0 radical (unpaired) electrons. The smallest absolute Gasteiger partial charge is 0.244 e. The van der Waals surface area contributed by atoms with Crippen LogP contribution in [-0.2, 0) is 0 Å². The Labute approximate surface area is 190 Å². The number of hydrogen-bond acceptors (Lipinski definition) is 11. The molecule has 3 aliphatic rings. The average molecular weight is 456 g/mol. The van der Waals surface area contributed by atoms with Crippen LogP contribution in [0, 0.1) is 0 Å². The SMILES string of the molecule is Cl.N[C@@H]1C[C@H](N)CN(c2nc(NN3CCCCCC3)nc(N3C[C@H](N)C[C@H](N)C3)n2)C1. The Kier molecular flexibility index (Phi) is 8.48. The third-order valence-electron chi connectivity index (χ3n) is 6.07. The van der Waals surface area contributed by atoms with Crippen molar-refractivity contribution < 1.29 is 0 Å². The van der Waals surface area contributed by atoms with Crippen molar-refractivity contribution in [1.82, 2.24) is 20.0 Å². The maximum absolute atomic E-state index is 6.21. The van der Waals surface area contributed by atoms with Crippen molar-refractivity contribution in [1.29, 1.82) is 0 Å². The maximum Gasteiger partial charge on any atom is 0.244 e.